The highest BCUT2D eigenvalue weighted by Crippen LogP contribution is 2.25. The van der Waals surface area contributed by atoms with Gasteiger partial charge in [-0.25, -0.2) is 9.78 Å². The lowest BCUT2D eigenvalue weighted by atomic mass is 10.2. The fourth-order valence-electron chi connectivity index (χ4n) is 2.48. The van der Waals surface area contributed by atoms with E-state index < -0.39 is 0 Å². The molecule has 2 aromatic rings. The molecule has 122 valence electrons. The standard InChI is InChI=1S/C15H16Cl2N4OS/c1-10-8-11(2-3-12(10)16)20-4-6-21(7-5-20)15(22)19-14-18-9-13(17)23-14/h2-3,8-9H,4-7H2,1H3,(H,18,19,22). The number of halogens is 2. The second-order valence-electron chi connectivity index (χ2n) is 5.31. The first-order chi connectivity index (χ1) is 11.0. The van der Waals surface area contributed by atoms with Gasteiger partial charge in [0.15, 0.2) is 5.13 Å². The van der Waals surface area contributed by atoms with Gasteiger partial charge in [0.25, 0.3) is 0 Å². The molecule has 0 bridgehead atoms. The van der Waals surface area contributed by atoms with E-state index in [2.05, 4.69) is 21.3 Å². The van der Waals surface area contributed by atoms with Crippen LogP contribution in [-0.2, 0) is 0 Å². The molecule has 0 unspecified atom stereocenters. The van der Waals surface area contributed by atoms with Crippen LogP contribution >= 0.6 is 34.5 Å². The number of nitrogens with zero attached hydrogens (tertiary/aromatic N) is 3. The molecule has 8 heteroatoms. The third kappa shape index (κ3) is 3.88. The van der Waals surface area contributed by atoms with Crippen LogP contribution in [-0.4, -0.2) is 42.1 Å². The summed E-state index contributed by atoms with van der Waals surface area (Å²) in [4.78, 5) is 20.3. The maximum Gasteiger partial charge on any atom is 0.323 e. The molecule has 1 N–H and O–H groups in total. The highest BCUT2D eigenvalue weighted by atomic mass is 35.5. The number of aryl methyl sites for hydroxylation is 1. The Morgan fingerprint density at radius 3 is 2.61 bits per heavy atom. The molecule has 23 heavy (non-hydrogen) atoms. The van der Waals surface area contributed by atoms with Crippen LogP contribution in [0, 0.1) is 6.92 Å². The minimum atomic E-state index is -0.136. The highest BCUT2D eigenvalue weighted by molar-refractivity contribution is 7.19. The number of nitrogens with one attached hydrogen (secondary N) is 1. The Balaban J connectivity index is 1.57. The first kappa shape index (κ1) is 16.4. The van der Waals surface area contributed by atoms with Crippen LogP contribution in [0.4, 0.5) is 15.6 Å². The number of benzene rings is 1. The zero-order valence-corrected chi connectivity index (χ0v) is 14.9. The van der Waals surface area contributed by atoms with Gasteiger partial charge in [-0.2, -0.15) is 0 Å². The number of hydrogen-bond acceptors (Lipinski definition) is 4. The van der Waals surface area contributed by atoms with Gasteiger partial charge in [-0.15, -0.1) is 0 Å². The number of amides is 2. The SMILES string of the molecule is Cc1cc(N2CCN(C(=O)Nc3ncc(Cl)s3)CC2)ccc1Cl. The number of hydrogen-bond donors (Lipinski definition) is 1. The Kier molecular flexibility index (Phi) is 4.94. The van der Waals surface area contributed by atoms with Crippen molar-refractivity contribution in [3.8, 4) is 0 Å². The van der Waals surface area contributed by atoms with E-state index in [1.54, 1.807) is 4.90 Å². The van der Waals surface area contributed by atoms with Gasteiger partial charge in [-0.1, -0.05) is 34.5 Å². The number of rotatable bonds is 2. The topological polar surface area (TPSA) is 48.5 Å². The summed E-state index contributed by atoms with van der Waals surface area (Å²) in [7, 11) is 0. The van der Waals surface area contributed by atoms with E-state index in [0.29, 0.717) is 22.6 Å². The Hall–Kier alpha value is -1.50. The fraction of sp³-hybridized carbons (Fsp3) is 0.333. The lowest BCUT2D eigenvalue weighted by Crippen LogP contribution is -2.50. The highest BCUT2D eigenvalue weighted by Gasteiger charge is 2.22. The summed E-state index contributed by atoms with van der Waals surface area (Å²) >= 11 is 13.1. The van der Waals surface area contributed by atoms with Crippen LogP contribution in [0.1, 0.15) is 5.56 Å². The fourth-order valence-corrected chi connectivity index (χ4v) is 3.40. The maximum atomic E-state index is 12.2. The summed E-state index contributed by atoms with van der Waals surface area (Å²) in [6, 6.07) is 5.87. The Labute approximate surface area is 148 Å². The van der Waals surface area contributed by atoms with Crippen molar-refractivity contribution in [1.29, 1.82) is 0 Å². The van der Waals surface area contributed by atoms with E-state index in [1.807, 2.05) is 19.1 Å². The van der Waals surface area contributed by atoms with Crippen molar-refractivity contribution in [2.45, 2.75) is 6.92 Å². The summed E-state index contributed by atoms with van der Waals surface area (Å²) in [6.45, 7) is 4.88. The number of aromatic nitrogens is 1. The summed E-state index contributed by atoms with van der Waals surface area (Å²) < 4.78 is 0.559. The quantitative estimate of drug-likeness (QED) is 0.864. The van der Waals surface area contributed by atoms with E-state index in [-0.39, 0.29) is 6.03 Å². The molecule has 1 aliphatic heterocycles. The van der Waals surface area contributed by atoms with Crippen molar-refractivity contribution in [2.24, 2.45) is 0 Å². The lowest BCUT2D eigenvalue weighted by molar-refractivity contribution is 0.208. The normalized spacial score (nSPS) is 14.9. The number of carbonyl (C=O) groups is 1. The minimum absolute atomic E-state index is 0.136. The smallest absolute Gasteiger partial charge is 0.323 e. The number of thiazole rings is 1. The second kappa shape index (κ2) is 6.95. The average molecular weight is 371 g/mol. The van der Waals surface area contributed by atoms with Crippen LogP contribution in [0.3, 0.4) is 0 Å². The average Bonchev–Trinajstić information content (AvgIpc) is 2.95. The Bertz CT molecular complexity index is 713. The summed E-state index contributed by atoms with van der Waals surface area (Å²) in [6.07, 6.45) is 1.53. The van der Waals surface area contributed by atoms with E-state index in [0.717, 1.165) is 29.4 Å². The van der Waals surface area contributed by atoms with Crippen LogP contribution in [0.5, 0.6) is 0 Å². The van der Waals surface area contributed by atoms with Crippen LogP contribution in [0.15, 0.2) is 24.4 Å². The van der Waals surface area contributed by atoms with Crippen LogP contribution in [0.2, 0.25) is 9.36 Å². The molecule has 2 amide bonds. The van der Waals surface area contributed by atoms with Gasteiger partial charge in [-0.3, -0.25) is 5.32 Å². The molecule has 0 atom stereocenters. The molecule has 0 spiro atoms. The summed E-state index contributed by atoms with van der Waals surface area (Å²) in [5, 5.41) is 4.07. The Morgan fingerprint density at radius 1 is 1.26 bits per heavy atom. The zero-order valence-electron chi connectivity index (χ0n) is 12.6. The van der Waals surface area contributed by atoms with Gasteiger partial charge in [-0.05, 0) is 30.7 Å². The van der Waals surface area contributed by atoms with E-state index in [4.69, 9.17) is 23.2 Å². The van der Waals surface area contributed by atoms with Gasteiger partial charge in [0.2, 0.25) is 0 Å². The molecule has 1 aliphatic rings. The molecule has 0 aliphatic carbocycles. The first-order valence-corrected chi connectivity index (χ1v) is 8.78. The third-order valence-corrected chi connectivity index (χ3v) is 5.22. The van der Waals surface area contributed by atoms with Gasteiger partial charge in [0, 0.05) is 36.9 Å². The van der Waals surface area contributed by atoms with Crippen molar-refractivity contribution in [3.05, 3.63) is 39.3 Å². The van der Waals surface area contributed by atoms with E-state index in [9.17, 15) is 4.79 Å². The molecule has 0 radical (unpaired) electrons. The lowest BCUT2D eigenvalue weighted by Gasteiger charge is -2.36. The monoisotopic (exact) mass is 370 g/mol. The minimum Gasteiger partial charge on any atom is -0.368 e. The molecular weight excluding hydrogens is 355 g/mol. The molecule has 1 aromatic carbocycles. The van der Waals surface area contributed by atoms with Crippen LogP contribution < -0.4 is 10.2 Å². The molecule has 1 aromatic heterocycles. The van der Waals surface area contributed by atoms with Crippen molar-refractivity contribution in [3.63, 3.8) is 0 Å². The molecule has 2 heterocycles. The van der Waals surface area contributed by atoms with Gasteiger partial charge in [0.1, 0.15) is 4.34 Å². The van der Waals surface area contributed by atoms with Crippen molar-refractivity contribution in [2.75, 3.05) is 36.4 Å². The van der Waals surface area contributed by atoms with Crippen molar-refractivity contribution >= 4 is 51.4 Å². The zero-order chi connectivity index (χ0) is 16.4. The third-order valence-electron chi connectivity index (χ3n) is 3.76. The number of anilines is 2. The predicted molar refractivity (Wildman–Crippen MR) is 96.1 cm³/mol. The maximum absolute atomic E-state index is 12.2. The van der Waals surface area contributed by atoms with Crippen LogP contribution in [0.25, 0.3) is 0 Å². The summed E-state index contributed by atoms with van der Waals surface area (Å²) in [5.41, 5.74) is 2.20. The first-order valence-electron chi connectivity index (χ1n) is 7.21. The predicted octanol–water partition coefficient (Wildman–Crippen LogP) is 4.11. The molecule has 1 fully saturated rings. The van der Waals surface area contributed by atoms with Crippen molar-refractivity contribution < 1.29 is 4.79 Å². The second-order valence-corrected chi connectivity index (χ2v) is 7.38. The van der Waals surface area contributed by atoms with E-state index >= 15 is 0 Å². The van der Waals surface area contributed by atoms with Gasteiger partial charge in [0.05, 0.1) is 6.20 Å². The molecule has 5 nitrogen and oxygen atoms in total. The summed E-state index contributed by atoms with van der Waals surface area (Å²) in [5.74, 6) is 0. The van der Waals surface area contributed by atoms with Crippen molar-refractivity contribution in [1.82, 2.24) is 9.88 Å². The Morgan fingerprint density at radius 2 is 2.00 bits per heavy atom. The van der Waals surface area contributed by atoms with E-state index in [1.165, 1.54) is 17.5 Å². The molecule has 1 saturated heterocycles. The number of urea groups is 1. The van der Waals surface area contributed by atoms with Gasteiger partial charge < -0.3 is 9.80 Å². The number of piperazine rings is 1. The molecular formula is C15H16Cl2N4OS. The largest absolute Gasteiger partial charge is 0.368 e. The van der Waals surface area contributed by atoms with Gasteiger partial charge >= 0.3 is 6.03 Å². The number of carbonyl (C=O) groups excluding carboxylic acids is 1. The molecule has 3 rings (SSSR count). The molecule has 0 saturated carbocycles.